The number of nitrogens with zero attached hydrogens (tertiary/aromatic N) is 2. The highest BCUT2D eigenvalue weighted by Crippen LogP contribution is 2.13. The van der Waals surface area contributed by atoms with Crippen molar-refractivity contribution in [2.45, 2.75) is 13.3 Å². The van der Waals surface area contributed by atoms with E-state index in [1.54, 1.807) is 16.9 Å². The number of hydrogen-bond donors (Lipinski definition) is 0. The summed E-state index contributed by atoms with van der Waals surface area (Å²) in [5.74, 6) is -0.437. The van der Waals surface area contributed by atoms with Crippen molar-refractivity contribution in [2.24, 2.45) is 0 Å². The lowest BCUT2D eigenvalue weighted by molar-refractivity contribution is 0.112. The van der Waals surface area contributed by atoms with Crippen LogP contribution in [0.15, 0.2) is 30.6 Å². The van der Waals surface area contributed by atoms with E-state index in [0.717, 1.165) is 12.0 Å². The van der Waals surface area contributed by atoms with Gasteiger partial charge in [-0.2, -0.15) is 5.10 Å². The zero-order chi connectivity index (χ0) is 11.5. The van der Waals surface area contributed by atoms with Crippen molar-refractivity contribution in [1.82, 2.24) is 9.78 Å². The van der Waals surface area contributed by atoms with Gasteiger partial charge in [-0.3, -0.25) is 4.79 Å². The molecule has 1 aromatic carbocycles. The number of aryl methyl sites for hydroxylation is 1. The molecule has 0 spiro atoms. The molecule has 1 aromatic heterocycles. The molecule has 0 N–H and O–H groups in total. The van der Waals surface area contributed by atoms with Gasteiger partial charge in [0.2, 0.25) is 0 Å². The lowest BCUT2D eigenvalue weighted by Crippen LogP contribution is -1.96. The first kappa shape index (κ1) is 10.5. The van der Waals surface area contributed by atoms with E-state index >= 15 is 0 Å². The second kappa shape index (κ2) is 4.26. The van der Waals surface area contributed by atoms with Gasteiger partial charge in [-0.15, -0.1) is 0 Å². The van der Waals surface area contributed by atoms with E-state index in [1.807, 2.05) is 13.1 Å². The Bertz CT molecular complexity index is 519. The van der Waals surface area contributed by atoms with Crippen LogP contribution in [0.2, 0.25) is 0 Å². The first-order valence-electron chi connectivity index (χ1n) is 5.02. The molecule has 0 atom stereocenters. The Morgan fingerprint density at radius 2 is 2.25 bits per heavy atom. The molecule has 3 nitrogen and oxygen atoms in total. The van der Waals surface area contributed by atoms with Crippen molar-refractivity contribution in [3.63, 3.8) is 0 Å². The van der Waals surface area contributed by atoms with Gasteiger partial charge in [0.25, 0.3) is 0 Å². The summed E-state index contributed by atoms with van der Waals surface area (Å²) >= 11 is 0. The molecule has 0 amide bonds. The average molecular weight is 218 g/mol. The molecule has 82 valence electrons. The molecule has 0 aliphatic carbocycles. The van der Waals surface area contributed by atoms with E-state index in [1.165, 1.54) is 12.1 Å². The van der Waals surface area contributed by atoms with Crippen LogP contribution < -0.4 is 0 Å². The Morgan fingerprint density at radius 1 is 1.44 bits per heavy atom. The molecule has 2 aromatic rings. The molecule has 0 bridgehead atoms. The minimum Gasteiger partial charge on any atom is -0.298 e. The van der Waals surface area contributed by atoms with E-state index in [9.17, 15) is 9.18 Å². The lowest BCUT2D eigenvalue weighted by atomic mass is 10.2. The number of carbonyl (C=O) groups is 1. The Morgan fingerprint density at radius 3 is 2.88 bits per heavy atom. The van der Waals surface area contributed by atoms with Crippen LogP contribution in [0.3, 0.4) is 0 Å². The van der Waals surface area contributed by atoms with Crippen molar-refractivity contribution >= 4 is 6.29 Å². The quantitative estimate of drug-likeness (QED) is 0.741. The summed E-state index contributed by atoms with van der Waals surface area (Å²) in [4.78, 5) is 10.6. The molecular weight excluding hydrogens is 207 g/mol. The standard InChI is InChI=1S/C12H11FN2O/c1-2-9-6-14-15(7-9)12-4-10(8-16)3-11(13)5-12/h3-8H,2H2,1H3. The highest BCUT2D eigenvalue weighted by molar-refractivity contribution is 5.75. The topological polar surface area (TPSA) is 34.9 Å². The van der Waals surface area contributed by atoms with E-state index < -0.39 is 5.82 Å². The molecule has 0 radical (unpaired) electrons. The Balaban J connectivity index is 2.46. The molecule has 0 saturated heterocycles. The maximum Gasteiger partial charge on any atom is 0.150 e. The fourth-order valence-corrected chi connectivity index (χ4v) is 1.48. The van der Waals surface area contributed by atoms with E-state index in [2.05, 4.69) is 5.10 Å². The smallest absolute Gasteiger partial charge is 0.150 e. The van der Waals surface area contributed by atoms with Gasteiger partial charge in [-0.25, -0.2) is 9.07 Å². The maximum absolute atomic E-state index is 13.2. The monoisotopic (exact) mass is 218 g/mol. The fourth-order valence-electron chi connectivity index (χ4n) is 1.48. The van der Waals surface area contributed by atoms with Crippen LogP contribution in [0.5, 0.6) is 0 Å². The molecule has 0 fully saturated rings. The summed E-state index contributed by atoms with van der Waals surface area (Å²) in [7, 11) is 0. The lowest BCUT2D eigenvalue weighted by Gasteiger charge is -2.02. The molecule has 1 heterocycles. The van der Waals surface area contributed by atoms with Crippen molar-refractivity contribution in [2.75, 3.05) is 0 Å². The molecule has 0 saturated carbocycles. The van der Waals surface area contributed by atoms with Gasteiger partial charge in [-0.05, 0) is 30.2 Å². The largest absolute Gasteiger partial charge is 0.298 e. The Kier molecular flexibility index (Phi) is 2.81. The van der Waals surface area contributed by atoms with Crippen molar-refractivity contribution in [1.29, 1.82) is 0 Å². The van der Waals surface area contributed by atoms with Crippen LogP contribution in [-0.2, 0) is 6.42 Å². The van der Waals surface area contributed by atoms with Crippen molar-refractivity contribution in [3.05, 3.63) is 47.5 Å². The third kappa shape index (κ3) is 2.00. The van der Waals surface area contributed by atoms with Crippen LogP contribution >= 0.6 is 0 Å². The molecule has 4 heteroatoms. The molecule has 0 aliphatic rings. The van der Waals surface area contributed by atoms with Crippen LogP contribution in [0, 0.1) is 5.82 Å². The number of benzene rings is 1. The SMILES string of the molecule is CCc1cnn(-c2cc(F)cc(C=O)c2)c1. The summed E-state index contributed by atoms with van der Waals surface area (Å²) in [6.07, 6.45) is 5.04. The first-order chi connectivity index (χ1) is 7.72. The number of aldehydes is 1. The first-order valence-corrected chi connectivity index (χ1v) is 5.02. The summed E-state index contributed by atoms with van der Waals surface area (Å²) in [6, 6.07) is 4.14. The Hall–Kier alpha value is -1.97. The van der Waals surface area contributed by atoms with Crippen molar-refractivity contribution in [3.8, 4) is 5.69 Å². The second-order valence-corrected chi connectivity index (χ2v) is 3.51. The van der Waals surface area contributed by atoms with Crippen LogP contribution in [-0.4, -0.2) is 16.1 Å². The predicted molar refractivity (Wildman–Crippen MR) is 58.3 cm³/mol. The number of aromatic nitrogens is 2. The Labute approximate surface area is 92.5 Å². The van der Waals surface area contributed by atoms with Crippen LogP contribution in [0.25, 0.3) is 5.69 Å². The molecule has 0 aliphatic heterocycles. The van der Waals surface area contributed by atoms with E-state index in [4.69, 9.17) is 0 Å². The number of hydrogen-bond acceptors (Lipinski definition) is 2. The summed E-state index contributed by atoms with van der Waals surface area (Å²) in [6.45, 7) is 2.02. The van der Waals surface area contributed by atoms with Gasteiger partial charge in [0.1, 0.15) is 12.1 Å². The molecule has 16 heavy (non-hydrogen) atoms. The minimum atomic E-state index is -0.437. The fraction of sp³-hybridized carbons (Fsp3) is 0.167. The molecular formula is C12H11FN2O. The van der Waals surface area contributed by atoms with Gasteiger partial charge in [0, 0.05) is 11.8 Å². The number of carbonyl (C=O) groups excluding carboxylic acids is 1. The van der Waals surface area contributed by atoms with Gasteiger partial charge in [0.15, 0.2) is 0 Å². The van der Waals surface area contributed by atoms with Gasteiger partial charge in [0.05, 0.1) is 11.9 Å². The molecule has 0 unspecified atom stereocenters. The third-order valence-corrected chi connectivity index (χ3v) is 2.35. The zero-order valence-corrected chi connectivity index (χ0v) is 8.85. The predicted octanol–water partition coefficient (Wildman–Crippen LogP) is 2.39. The normalized spacial score (nSPS) is 10.4. The zero-order valence-electron chi connectivity index (χ0n) is 8.85. The van der Waals surface area contributed by atoms with Crippen LogP contribution in [0.1, 0.15) is 22.8 Å². The molecule has 2 rings (SSSR count). The third-order valence-electron chi connectivity index (χ3n) is 2.35. The minimum absolute atomic E-state index is 0.309. The highest BCUT2D eigenvalue weighted by atomic mass is 19.1. The highest BCUT2D eigenvalue weighted by Gasteiger charge is 2.03. The van der Waals surface area contributed by atoms with Crippen LogP contribution in [0.4, 0.5) is 4.39 Å². The summed E-state index contributed by atoms with van der Waals surface area (Å²) < 4.78 is 14.8. The van der Waals surface area contributed by atoms with E-state index in [0.29, 0.717) is 17.5 Å². The van der Waals surface area contributed by atoms with E-state index in [-0.39, 0.29) is 0 Å². The number of halogens is 1. The van der Waals surface area contributed by atoms with Crippen molar-refractivity contribution < 1.29 is 9.18 Å². The summed E-state index contributed by atoms with van der Waals surface area (Å²) in [5.41, 5.74) is 1.93. The average Bonchev–Trinajstić information content (AvgIpc) is 2.76. The number of rotatable bonds is 3. The van der Waals surface area contributed by atoms with Gasteiger partial charge < -0.3 is 0 Å². The second-order valence-electron chi connectivity index (χ2n) is 3.51. The summed E-state index contributed by atoms with van der Waals surface area (Å²) in [5, 5.41) is 4.11. The van der Waals surface area contributed by atoms with Gasteiger partial charge >= 0.3 is 0 Å². The van der Waals surface area contributed by atoms with Gasteiger partial charge in [-0.1, -0.05) is 6.92 Å². The maximum atomic E-state index is 13.2.